The molecule has 292 valence electrons. The van der Waals surface area contributed by atoms with Crippen LogP contribution in [0.15, 0.2) is 212 Å². The Labute approximate surface area is 358 Å². The molecule has 2 nitrogen and oxygen atoms in total. The Morgan fingerprint density at radius 3 is 1.64 bits per heavy atom. The SMILES string of the molecule is c1ccc(-c2cccc3cccc(-c4ccc(N(c5ccc(-c6ccc(C7CC8CCC7C8)cc6)cc5)c5ccc6c(c5)c5ccccc5n6-c5ccccc5)cc4)c23)cc1. The van der Waals surface area contributed by atoms with Gasteiger partial charge in [-0.2, -0.15) is 0 Å². The van der Waals surface area contributed by atoms with Gasteiger partial charge in [-0.3, -0.25) is 0 Å². The highest BCUT2D eigenvalue weighted by atomic mass is 15.1. The largest absolute Gasteiger partial charge is 0.310 e. The van der Waals surface area contributed by atoms with Crippen LogP contribution in [-0.2, 0) is 0 Å². The van der Waals surface area contributed by atoms with Gasteiger partial charge in [-0.05, 0) is 147 Å². The summed E-state index contributed by atoms with van der Waals surface area (Å²) in [6.45, 7) is 0. The average molecular weight is 783 g/mol. The van der Waals surface area contributed by atoms with Gasteiger partial charge in [0, 0.05) is 33.5 Å². The summed E-state index contributed by atoms with van der Waals surface area (Å²) in [4.78, 5) is 2.42. The first-order valence-corrected chi connectivity index (χ1v) is 22.0. The second-order valence-electron chi connectivity index (χ2n) is 17.3. The third kappa shape index (κ3) is 6.25. The lowest BCUT2D eigenvalue weighted by Crippen LogP contribution is -2.10. The van der Waals surface area contributed by atoms with Crippen LogP contribution in [0.5, 0.6) is 0 Å². The van der Waals surface area contributed by atoms with Crippen LogP contribution in [0.4, 0.5) is 17.1 Å². The van der Waals surface area contributed by atoms with Crippen molar-refractivity contribution in [3.8, 4) is 39.1 Å². The van der Waals surface area contributed by atoms with Gasteiger partial charge in [0.2, 0.25) is 0 Å². The highest BCUT2D eigenvalue weighted by Gasteiger charge is 2.40. The number of aromatic nitrogens is 1. The zero-order valence-corrected chi connectivity index (χ0v) is 34.2. The number of hydrogen-bond acceptors (Lipinski definition) is 1. The van der Waals surface area contributed by atoms with E-state index in [0.29, 0.717) is 0 Å². The molecule has 61 heavy (non-hydrogen) atoms. The quantitative estimate of drug-likeness (QED) is 0.149. The molecule has 3 atom stereocenters. The molecular formula is C59H46N2. The molecule has 10 aromatic rings. The molecule has 0 spiro atoms. The molecule has 0 aliphatic heterocycles. The maximum absolute atomic E-state index is 2.42. The van der Waals surface area contributed by atoms with Crippen molar-refractivity contribution in [1.82, 2.24) is 4.57 Å². The predicted octanol–water partition coefficient (Wildman–Crippen LogP) is 16.3. The number of fused-ring (bicyclic) bond motifs is 6. The first-order chi connectivity index (χ1) is 30.2. The van der Waals surface area contributed by atoms with E-state index in [1.807, 2.05) is 0 Å². The van der Waals surface area contributed by atoms with E-state index in [9.17, 15) is 0 Å². The lowest BCUT2D eigenvalue weighted by Gasteiger charge is -2.26. The van der Waals surface area contributed by atoms with Gasteiger partial charge in [0.1, 0.15) is 0 Å². The molecule has 0 radical (unpaired) electrons. The summed E-state index contributed by atoms with van der Waals surface area (Å²) in [5.41, 5.74) is 15.9. The number of hydrogen-bond donors (Lipinski definition) is 0. The summed E-state index contributed by atoms with van der Waals surface area (Å²) in [5.74, 6) is 2.60. The summed E-state index contributed by atoms with van der Waals surface area (Å²) in [6.07, 6.45) is 5.67. The van der Waals surface area contributed by atoms with Gasteiger partial charge in [0.15, 0.2) is 0 Å². The monoisotopic (exact) mass is 782 g/mol. The van der Waals surface area contributed by atoms with Crippen molar-refractivity contribution in [2.24, 2.45) is 11.8 Å². The van der Waals surface area contributed by atoms with Crippen molar-refractivity contribution in [2.75, 3.05) is 4.90 Å². The molecule has 0 N–H and O–H groups in total. The fourth-order valence-corrected chi connectivity index (χ4v) is 11.0. The second kappa shape index (κ2) is 14.8. The van der Waals surface area contributed by atoms with Crippen LogP contribution < -0.4 is 4.90 Å². The van der Waals surface area contributed by atoms with Crippen molar-refractivity contribution in [3.63, 3.8) is 0 Å². The number of para-hydroxylation sites is 2. The smallest absolute Gasteiger partial charge is 0.0542 e. The molecule has 0 amide bonds. The van der Waals surface area contributed by atoms with Gasteiger partial charge in [-0.1, -0.05) is 158 Å². The standard InChI is InChI=1S/C59H46N2/c1-3-11-43(12-4-1)52-18-9-13-46-14-10-19-53(59(46)52)44-29-33-50(34-30-44)60(49-31-27-42(28-32-49)41-23-25-45(26-24-41)55-38-40-21-22-47(55)37-40)51-35-36-58-56(39-51)54-17-7-8-20-57(54)61(58)48-15-5-2-6-16-48/h1-20,23-36,39-40,47,55H,21-22,37-38H2. The molecule has 2 fully saturated rings. The first-order valence-electron chi connectivity index (χ1n) is 22.0. The topological polar surface area (TPSA) is 8.17 Å². The minimum absolute atomic E-state index is 0.751. The van der Waals surface area contributed by atoms with Crippen LogP contribution in [0, 0.1) is 11.8 Å². The zero-order valence-electron chi connectivity index (χ0n) is 34.2. The molecule has 2 aliphatic carbocycles. The molecular weight excluding hydrogens is 737 g/mol. The van der Waals surface area contributed by atoms with Crippen molar-refractivity contribution in [3.05, 3.63) is 218 Å². The fraction of sp³-hybridized carbons (Fsp3) is 0.119. The van der Waals surface area contributed by atoms with Gasteiger partial charge in [-0.25, -0.2) is 0 Å². The summed E-state index contributed by atoms with van der Waals surface area (Å²) in [6, 6.07) is 78.4. The Hall–Kier alpha value is -7.16. The number of benzene rings is 9. The lowest BCUT2D eigenvalue weighted by atomic mass is 9.83. The molecule has 1 aromatic heterocycles. The second-order valence-corrected chi connectivity index (χ2v) is 17.3. The molecule has 9 aromatic carbocycles. The fourth-order valence-electron chi connectivity index (χ4n) is 11.0. The number of anilines is 3. The maximum Gasteiger partial charge on any atom is 0.0542 e. The number of rotatable bonds is 8. The highest BCUT2D eigenvalue weighted by molar-refractivity contribution is 6.11. The Kier molecular flexibility index (Phi) is 8.70. The van der Waals surface area contributed by atoms with Gasteiger partial charge < -0.3 is 9.47 Å². The molecule has 2 aliphatic rings. The molecule has 2 bridgehead atoms. The van der Waals surface area contributed by atoms with Crippen LogP contribution in [0.1, 0.15) is 37.2 Å². The Bertz CT molecular complexity index is 3170. The minimum Gasteiger partial charge on any atom is -0.310 e. The van der Waals surface area contributed by atoms with E-state index >= 15 is 0 Å². The molecule has 2 heteroatoms. The highest BCUT2D eigenvalue weighted by Crippen LogP contribution is 2.53. The van der Waals surface area contributed by atoms with Crippen molar-refractivity contribution < 1.29 is 0 Å². The van der Waals surface area contributed by atoms with E-state index < -0.39 is 0 Å². The van der Waals surface area contributed by atoms with E-state index in [4.69, 9.17) is 0 Å². The summed E-state index contributed by atoms with van der Waals surface area (Å²) >= 11 is 0. The number of nitrogens with zero attached hydrogens (tertiary/aromatic N) is 2. The Morgan fingerprint density at radius 2 is 0.984 bits per heavy atom. The van der Waals surface area contributed by atoms with E-state index in [2.05, 4.69) is 222 Å². The van der Waals surface area contributed by atoms with Crippen molar-refractivity contribution in [2.45, 2.75) is 31.6 Å². The molecule has 12 rings (SSSR count). The van der Waals surface area contributed by atoms with Gasteiger partial charge in [0.05, 0.1) is 11.0 Å². The third-order valence-corrected chi connectivity index (χ3v) is 13.9. The minimum atomic E-state index is 0.751. The Morgan fingerprint density at radius 1 is 0.410 bits per heavy atom. The van der Waals surface area contributed by atoms with Gasteiger partial charge >= 0.3 is 0 Å². The van der Waals surface area contributed by atoms with Crippen LogP contribution in [-0.4, -0.2) is 4.57 Å². The van der Waals surface area contributed by atoms with Gasteiger partial charge in [-0.15, -0.1) is 0 Å². The van der Waals surface area contributed by atoms with Crippen LogP contribution in [0.25, 0.3) is 71.6 Å². The molecule has 1 heterocycles. The maximum atomic E-state index is 2.42. The summed E-state index contributed by atoms with van der Waals surface area (Å²) < 4.78 is 2.39. The average Bonchev–Trinajstić information content (AvgIpc) is 4.07. The molecule has 2 saturated carbocycles. The Balaban J connectivity index is 0.959. The lowest BCUT2D eigenvalue weighted by molar-refractivity contribution is 0.420. The zero-order chi connectivity index (χ0) is 40.3. The first kappa shape index (κ1) is 35.8. The van der Waals surface area contributed by atoms with Crippen molar-refractivity contribution >= 4 is 49.6 Å². The normalized spacial score (nSPS) is 17.1. The van der Waals surface area contributed by atoms with Crippen LogP contribution in [0.2, 0.25) is 0 Å². The van der Waals surface area contributed by atoms with Crippen LogP contribution in [0.3, 0.4) is 0 Å². The summed E-state index contributed by atoms with van der Waals surface area (Å²) in [5, 5.41) is 5.00. The molecule has 3 unspecified atom stereocenters. The van der Waals surface area contributed by atoms with Crippen LogP contribution >= 0.6 is 0 Å². The van der Waals surface area contributed by atoms with Crippen molar-refractivity contribution in [1.29, 1.82) is 0 Å². The predicted molar refractivity (Wildman–Crippen MR) is 257 cm³/mol. The van der Waals surface area contributed by atoms with E-state index in [1.165, 1.54) is 97.2 Å². The van der Waals surface area contributed by atoms with E-state index in [0.717, 1.165) is 40.5 Å². The third-order valence-electron chi connectivity index (χ3n) is 13.9. The van der Waals surface area contributed by atoms with Gasteiger partial charge in [0.25, 0.3) is 0 Å². The molecule has 0 saturated heterocycles. The summed E-state index contributed by atoms with van der Waals surface area (Å²) in [7, 11) is 0. The van der Waals surface area contributed by atoms with E-state index in [-0.39, 0.29) is 0 Å². The van der Waals surface area contributed by atoms with E-state index in [1.54, 1.807) is 0 Å².